The molecule has 0 aliphatic carbocycles. The third kappa shape index (κ3) is 6.90. The topological polar surface area (TPSA) is 81.4 Å². The first-order chi connectivity index (χ1) is 9.35. The first-order valence-electron chi connectivity index (χ1n) is 6.15. The number of hydrogen-bond acceptors (Lipinski definition) is 4. The summed E-state index contributed by atoms with van der Waals surface area (Å²) in [5.41, 5.74) is 5.16. The van der Waals surface area contributed by atoms with Crippen LogP contribution in [0, 0.1) is 0 Å². The molecule has 0 saturated carbocycles. The standard InChI is InChI=1S/C13H19FN2O3S.ClH/c1-10(2)16-20(17,18)13-5-3-12(4-6-13)19-9-11(14)7-8-15;/h3-7,10,16H,8-9,15H2,1-2H3;1H. The van der Waals surface area contributed by atoms with Crippen LogP contribution in [0.3, 0.4) is 0 Å². The summed E-state index contributed by atoms with van der Waals surface area (Å²) in [5, 5.41) is 0. The molecule has 21 heavy (non-hydrogen) atoms. The summed E-state index contributed by atoms with van der Waals surface area (Å²) in [5.74, 6) is -0.0836. The summed E-state index contributed by atoms with van der Waals surface area (Å²) in [6.45, 7) is 3.35. The smallest absolute Gasteiger partial charge is 0.240 e. The molecule has 0 fully saturated rings. The van der Waals surface area contributed by atoms with Gasteiger partial charge in [-0.2, -0.15) is 0 Å². The lowest BCUT2D eigenvalue weighted by molar-refractivity contribution is 0.318. The van der Waals surface area contributed by atoms with Crippen LogP contribution in [-0.2, 0) is 10.0 Å². The minimum absolute atomic E-state index is 0. The van der Waals surface area contributed by atoms with Crippen LogP contribution in [0.2, 0.25) is 0 Å². The van der Waals surface area contributed by atoms with Crippen molar-refractivity contribution in [3.63, 3.8) is 0 Å². The summed E-state index contributed by atoms with van der Waals surface area (Å²) >= 11 is 0. The summed E-state index contributed by atoms with van der Waals surface area (Å²) in [4.78, 5) is 0.136. The van der Waals surface area contributed by atoms with Crippen molar-refractivity contribution in [2.75, 3.05) is 13.2 Å². The molecule has 1 rings (SSSR count). The van der Waals surface area contributed by atoms with Crippen molar-refractivity contribution in [1.29, 1.82) is 0 Å². The maximum Gasteiger partial charge on any atom is 0.240 e. The van der Waals surface area contributed by atoms with Gasteiger partial charge in [0.2, 0.25) is 10.0 Å². The van der Waals surface area contributed by atoms with Gasteiger partial charge in [0.15, 0.2) is 0 Å². The molecule has 0 spiro atoms. The van der Waals surface area contributed by atoms with Crippen molar-refractivity contribution >= 4 is 22.4 Å². The fourth-order valence-electron chi connectivity index (χ4n) is 1.43. The molecule has 0 aliphatic rings. The fourth-order valence-corrected chi connectivity index (χ4v) is 2.68. The van der Waals surface area contributed by atoms with Crippen molar-refractivity contribution in [3.8, 4) is 5.75 Å². The molecule has 0 unspecified atom stereocenters. The molecule has 0 bridgehead atoms. The van der Waals surface area contributed by atoms with E-state index in [9.17, 15) is 12.8 Å². The van der Waals surface area contributed by atoms with Crippen LogP contribution < -0.4 is 15.2 Å². The number of rotatable bonds is 7. The maximum absolute atomic E-state index is 13.1. The number of hydrogen-bond donors (Lipinski definition) is 2. The second-order valence-corrected chi connectivity index (χ2v) is 6.14. The summed E-state index contributed by atoms with van der Waals surface area (Å²) < 4.78 is 44.4. The van der Waals surface area contributed by atoms with E-state index in [0.717, 1.165) is 0 Å². The monoisotopic (exact) mass is 338 g/mol. The minimum Gasteiger partial charge on any atom is -0.487 e. The number of benzene rings is 1. The third-order valence-electron chi connectivity index (χ3n) is 2.24. The van der Waals surface area contributed by atoms with Crippen LogP contribution in [-0.4, -0.2) is 27.6 Å². The zero-order valence-electron chi connectivity index (χ0n) is 11.9. The van der Waals surface area contributed by atoms with Gasteiger partial charge in [-0.15, -0.1) is 12.4 Å². The third-order valence-corrected chi connectivity index (χ3v) is 3.92. The van der Waals surface area contributed by atoms with Crippen LogP contribution in [0.1, 0.15) is 13.8 Å². The van der Waals surface area contributed by atoms with Gasteiger partial charge in [-0.05, 0) is 44.2 Å². The Morgan fingerprint density at radius 1 is 1.38 bits per heavy atom. The number of sulfonamides is 1. The van der Waals surface area contributed by atoms with Gasteiger partial charge < -0.3 is 10.5 Å². The van der Waals surface area contributed by atoms with Gasteiger partial charge in [0.1, 0.15) is 18.2 Å². The molecule has 0 aromatic heterocycles. The Labute approximate surface area is 130 Å². The highest BCUT2D eigenvalue weighted by Crippen LogP contribution is 2.17. The molecule has 0 heterocycles. The molecule has 5 nitrogen and oxygen atoms in total. The van der Waals surface area contributed by atoms with Crippen LogP contribution in [0.4, 0.5) is 4.39 Å². The summed E-state index contributed by atoms with van der Waals surface area (Å²) in [7, 11) is -3.52. The summed E-state index contributed by atoms with van der Waals surface area (Å²) in [6, 6.07) is 5.58. The van der Waals surface area contributed by atoms with E-state index in [1.807, 2.05) is 0 Å². The Kier molecular flexibility index (Phi) is 8.50. The Balaban J connectivity index is 0.00000400. The Morgan fingerprint density at radius 2 is 1.95 bits per heavy atom. The van der Waals surface area contributed by atoms with Gasteiger partial charge >= 0.3 is 0 Å². The molecule has 3 N–H and O–H groups in total. The Bertz CT molecular complexity index is 559. The van der Waals surface area contributed by atoms with E-state index >= 15 is 0 Å². The van der Waals surface area contributed by atoms with Gasteiger partial charge in [-0.3, -0.25) is 0 Å². The van der Waals surface area contributed by atoms with Crippen LogP contribution in [0.25, 0.3) is 0 Å². The lowest BCUT2D eigenvalue weighted by Gasteiger charge is -2.10. The summed E-state index contributed by atoms with van der Waals surface area (Å²) in [6.07, 6.45) is 1.21. The van der Waals surface area contributed by atoms with Gasteiger partial charge in [-0.1, -0.05) is 0 Å². The average Bonchev–Trinajstić information content (AvgIpc) is 2.36. The molecule has 0 aliphatic heterocycles. The van der Waals surface area contributed by atoms with E-state index in [2.05, 4.69) is 4.72 Å². The molecular formula is C13H20ClFN2O3S. The van der Waals surface area contributed by atoms with Crippen molar-refractivity contribution in [3.05, 3.63) is 36.2 Å². The Morgan fingerprint density at radius 3 is 2.43 bits per heavy atom. The van der Waals surface area contributed by atoms with E-state index in [-0.39, 0.29) is 36.5 Å². The second kappa shape index (κ2) is 8.99. The Hall–Kier alpha value is -1.15. The molecule has 1 aromatic carbocycles. The fraction of sp³-hybridized carbons (Fsp3) is 0.385. The normalized spacial score (nSPS) is 12.1. The van der Waals surface area contributed by atoms with Gasteiger partial charge in [0, 0.05) is 12.6 Å². The van der Waals surface area contributed by atoms with Crippen molar-refractivity contribution < 1.29 is 17.5 Å². The van der Waals surface area contributed by atoms with Crippen molar-refractivity contribution in [2.24, 2.45) is 5.73 Å². The highest BCUT2D eigenvalue weighted by molar-refractivity contribution is 7.89. The molecule has 0 radical (unpaired) electrons. The predicted octanol–water partition coefficient (Wildman–Crippen LogP) is 1.99. The first-order valence-corrected chi connectivity index (χ1v) is 7.63. The molecule has 0 amide bonds. The van der Waals surface area contributed by atoms with Gasteiger partial charge in [0.05, 0.1) is 4.90 Å². The first kappa shape index (κ1) is 19.9. The average molecular weight is 339 g/mol. The number of nitrogens with two attached hydrogens (primary N) is 1. The molecule has 0 saturated heterocycles. The molecule has 1 aromatic rings. The zero-order valence-corrected chi connectivity index (χ0v) is 13.5. The number of nitrogens with one attached hydrogen (secondary N) is 1. The SMILES string of the molecule is CC(C)NS(=O)(=O)c1ccc(OCC(F)=CCN)cc1.Cl. The van der Waals surface area contributed by atoms with E-state index in [1.54, 1.807) is 13.8 Å². The lowest BCUT2D eigenvalue weighted by atomic mass is 10.3. The lowest BCUT2D eigenvalue weighted by Crippen LogP contribution is -2.30. The molecular weight excluding hydrogens is 319 g/mol. The highest BCUT2D eigenvalue weighted by atomic mass is 35.5. The van der Waals surface area contributed by atoms with Crippen LogP contribution >= 0.6 is 12.4 Å². The highest BCUT2D eigenvalue weighted by Gasteiger charge is 2.14. The predicted molar refractivity (Wildman–Crippen MR) is 82.9 cm³/mol. The zero-order chi connectivity index (χ0) is 15.2. The van der Waals surface area contributed by atoms with Crippen molar-refractivity contribution in [2.45, 2.75) is 24.8 Å². The number of ether oxygens (including phenoxy) is 1. The minimum atomic E-state index is -3.52. The van der Waals surface area contributed by atoms with E-state index < -0.39 is 15.9 Å². The number of halogens is 2. The largest absolute Gasteiger partial charge is 0.487 e. The molecule has 8 heteroatoms. The van der Waals surface area contributed by atoms with Crippen molar-refractivity contribution in [1.82, 2.24) is 4.72 Å². The maximum atomic E-state index is 13.1. The van der Waals surface area contributed by atoms with E-state index in [0.29, 0.717) is 5.75 Å². The van der Waals surface area contributed by atoms with E-state index in [4.69, 9.17) is 10.5 Å². The van der Waals surface area contributed by atoms with E-state index in [1.165, 1.54) is 30.3 Å². The quantitative estimate of drug-likeness (QED) is 0.796. The molecule has 0 atom stereocenters. The van der Waals surface area contributed by atoms with Gasteiger partial charge in [-0.25, -0.2) is 17.5 Å². The molecule has 120 valence electrons. The van der Waals surface area contributed by atoms with Gasteiger partial charge in [0.25, 0.3) is 0 Å². The second-order valence-electron chi connectivity index (χ2n) is 4.42. The van der Waals surface area contributed by atoms with Crippen LogP contribution in [0.15, 0.2) is 41.1 Å². The van der Waals surface area contributed by atoms with Crippen LogP contribution in [0.5, 0.6) is 5.75 Å².